The van der Waals surface area contributed by atoms with Crippen molar-refractivity contribution >= 4 is 61.7 Å². The Labute approximate surface area is 102 Å². The van der Waals surface area contributed by atoms with E-state index >= 15 is 0 Å². The predicted octanol–water partition coefficient (Wildman–Crippen LogP) is -0.134. The lowest BCUT2D eigenvalue weighted by molar-refractivity contribution is 0.0692. The van der Waals surface area contributed by atoms with Crippen molar-refractivity contribution in [2.24, 2.45) is 0 Å². The summed E-state index contributed by atoms with van der Waals surface area (Å²) < 4.78 is 16.2. The van der Waals surface area contributed by atoms with E-state index in [2.05, 4.69) is 7.85 Å². The second kappa shape index (κ2) is 5.38. The molecule has 0 aromatic carbocycles. The van der Waals surface area contributed by atoms with Gasteiger partial charge in [0.05, 0.1) is 12.1 Å². The van der Waals surface area contributed by atoms with Crippen LogP contribution in [0, 0.1) is 0 Å². The highest BCUT2D eigenvalue weighted by Crippen LogP contribution is 2.29. The molecule has 1 saturated heterocycles. The molecule has 12 heavy (non-hydrogen) atoms. The van der Waals surface area contributed by atoms with E-state index in [9.17, 15) is 0 Å². The van der Waals surface area contributed by atoms with Crippen LogP contribution in [-0.2, 0) is 10.9 Å². The van der Waals surface area contributed by atoms with Gasteiger partial charge >= 0.3 is 0 Å². The average molecular weight is 394 g/mol. The Bertz CT molecular complexity index is 151. The maximum absolute atomic E-state index is 5.66. The molecule has 0 radical (unpaired) electrons. The molecule has 1 fully saturated rings. The third kappa shape index (κ3) is 2.28. The van der Waals surface area contributed by atoms with Crippen LogP contribution in [0.25, 0.3) is 0 Å². The highest BCUT2D eigenvalue weighted by molar-refractivity contribution is 14.1. The first-order chi connectivity index (χ1) is 5.74. The normalized spacial score (nSPS) is 41.8. The fraction of sp³-hybridized carbons (Fsp3) is 1.00. The van der Waals surface area contributed by atoms with Crippen molar-refractivity contribution in [3.8, 4) is 0 Å². The molecule has 68 valence electrons. The van der Waals surface area contributed by atoms with Crippen LogP contribution in [0.15, 0.2) is 0 Å². The van der Waals surface area contributed by atoms with Crippen LogP contribution >= 0.6 is 46.0 Å². The summed E-state index contributed by atoms with van der Waals surface area (Å²) in [7, 11) is 4.11. The fourth-order valence-corrected chi connectivity index (χ4v) is 2.79. The van der Waals surface area contributed by atoms with Gasteiger partial charge in [-0.3, -0.25) is 0 Å². The fourth-order valence-electron chi connectivity index (χ4n) is 1.47. The lowest BCUT2D eigenvalue weighted by Gasteiger charge is -2.17. The molecule has 4 unspecified atom stereocenters. The number of rotatable bonds is 3. The molecular weight excluding hydrogens is 383 g/mol. The quantitative estimate of drug-likeness (QED) is 0.494. The van der Waals surface area contributed by atoms with Crippen LogP contribution in [0.1, 0.15) is 0 Å². The van der Waals surface area contributed by atoms with E-state index < -0.39 is 0 Å². The second-order valence-corrected chi connectivity index (χ2v) is 3.91. The maximum atomic E-state index is 5.66. The lowest BCUT2D eigenvalue weighted by atomic mass is 9.90. The van der Waals surface area contributed by atoms with Gasteiger partial charge in [0.25, 0.3) is 0 Å². The smallest absolute Gasteiger partial charge is 0.142 e. The van der Waals surface area contributed by atoms with Crippen molar-refractivity contribution in [2.45, 2.75) is 30.6 Å². The van der Waals surface area contributed by atoms with Crippen LogP contribution in [0.4, 0.5) is 0 Å². The Kier molecular flexibility index (Phi) is 5.17. The molecule has 0 bridgehead atoms. The Morgan fingerprint density at radius 3 is 2.25 bits per heavy atom. The van der Waals surface area contributed by atoms with Gasteiger partial charge in [-0.05, 0) is 0 Å². The Morgan fingerprint density at radius 1 is 1.25 bits per heavy atom. The Hall–Kier alpha value is 1.47. The predicted molar refractivity (Wildman–Crippen MR) is 68.3 cm³/mol. The standard InChI is InChI=1S/C5H10B2I2O3/c6-1-2-3(11-8)4(12-9)5(7)10-2/h2-5H,1,6-7H2. The zero-order valence-corrected chi connectivity index (χ0v) is 11.3. The zero-order valence-electron chi connectivity index (χ0n) is 7.00. The van der Waals surface area contributed by atoms with E-state index in [-0.39, 0.29) is 24.3 Å². The Balaban J connectivity index is 2.61. The van der Waals surface area contributed by atoms with Gasteiger partial charge in [-0.2, -0.15) is 0 Å². The van der Waals surface area contributed by atoms with E-state index in [1.54, 1.807) is 0 Å². The van der Waals surface area contributed by atoms with E-state index in [0.717, 1.165) is 6.32 Å². The minimum absolute atomic E-state index is 0.0625. The maximum Gasteiger partial charge on any atom is 0.142 e. The number of hydrogen-bond acceptors (Lipinski definition) is 3. The van der Waals surface area contributed by atoms with Gasteiger partial charge in [-0.1, -0.05) is 6.32 Å². The van der Waals surface area contributed by atoms with Crippen LogP contribution in [-0.4, -0.2) is 40.0 Å². The number of ether oxygens (including phenoxy) is 1. The van der Waals surface area contributed by atoms with E-state index in [0.29, 0.717) is 0 Å². The minimum atomic E-state index is 0.0625. The third-order valence-electron chi connectivity index (χ3n) is 2.15. The zero-order chi connectivity index (χ0) is 9.14. The molecule has 0 aromatic rings. The first-order valence-corrected chi connectivity index (χ1v) is 5.71. The first-order valence-electron chi connectivity index (χ1n) is 3.94. The number of halogens is 2. The summed E-state index contributed by atoms with van der Waals surface area (Å²) in [4.78, 5) is 0. The summed E-state index contributed by atoms with van der Waals surface area (Å²) in [5, 5.41) is 0. The summed E-state index contributed by atoms with van der Waals surface area (Å²) in [6.45, 7) is 0. The topological polar surface area (TPSA) is 27.7 Å². The van der Waals surface area contributed by atoms with Crippen LogP contribution < -0.4 is 0 Å². The van der Waals surface area contributed by atoms with E-state index in [1.807, 2.05) is 53.9 Å². The summed E-state index contributed by atoms with van der Waals surface area (Å²) >= 11 is 3.82. The number of hydrogen-bond donors (Lipinski definition) is 0. The molecule has 0 spiro atoms. The van der Waals surface area contributed by atoms with Gasteiger partial charge in [0.2, 0.25) is 0 Å². The third-order valence-corrected chi connectivity index (χ3v) is 3.32. The van der Waals surface area contributed by atoms with Crippen molar-refractivity contribution in [1.29, 1.82) is 0 Å². The molecule has 0 amide bonds. The molecule has 0 aromatic heterocycles. The molecule has 0 N–H and O–H groups in total. The van der Waals surface area contributed by atoms with Crippen molar-refractivity contribution in [2.75, 3.05) is 0 Å². The highest BCUT2D eigenvalue weighted by Gasteiger charge is 2.42. The van der Waals surface area contributed by atoms with Crippen LogP contribution in [0.2, 0.25) is 6.32 Å². The average Bonchev–Trinajstić information content (AvgIpc) is 2.40. The first kappa shape index (κ1) is 11.5. The van der Waals surface area contributed by atoms with Crippen molar-refractivity contribution in [3.63, 3.8) is 0 Å². The molecular formula is C5H10B2I2O3. The molecule has 0 aliphatic carbocycles. The summed E-state index contributed by atoms with van der Waals surface area (Å²) in [6, 6.07) is 0.131. The van der Waals surface area contributed by atoms with Crippen molar-refractivity contribution < 1.29 is 10.9 Å². The summed E-state index contributed by atoms with van der Waals surface area (Å²) in [6.07, 6.45) is 1.28. The van der Waals surface area contributed by atoms with Crippen molar-refractivity contribution in [3.05, 3.63) is 0 Å². The molecule has 1 heterocycles. The summed E-state index contributed by atoms with van der Waals surface area (Å²) in [5.41, 5.74) is 0. The molecule has 0 saturated carbocycles. The van der Waals surface area contributed by atoms with E-state index in [1.165, 1.54) is 0 Å². The Morgan fingerprint density at radius 2 is 1.83 bits per heavy atom. The van der Waals surface area contributed by atoms with Gasteiger partial charge in [0.15, 0.2) is 0 Å². The largest absolute Gasteiger partial charge is 0.379 e. The molecule has 1 aliphatic heterocycles. The molecule has 7 heteroatoms. The van der Waals surface area contributed by atoms with Gasteiger partial charge in [-0.15, -0.1) is 0 Å². The molecule has 3 nitrogen and oxygen atoms in total. The molecule has 1 rings (SSSR count). The van der Waals surface area contributed by atoms with Gasteiger partial charge < -0.3 is 10.9 Å². The highest BCUT2D eigenvalue weighted by atomic mass is 127. The van der Waals surface area contributed by atoms with Crippen LogP contribution in [0.5, 0.6) is 0 Å². The monoisotopic (exact) mass is 394 g/mol. The second-order valence-electron chi connectivity index (χ2n) is 2.90. The minimum Gasteiger partial charge on any atom is -0.379 e. The van der Waals surface area contributed by atoms with Gasteiger partial charge in [0, 0.05) is 0 Å². The molecule has 4 atom stereocenters. The SMILES string of the molecule is BCC1OC(B)C(OI)C1OI. The lowest BCUT2D eigenvalue weighted by Crippen LogP contribution is -2.33. The van der Waals surface area contributed by atoms with Gasteiger partial charge in [0.1, 0.15) is 73.9 Å². The van der Waals surface area contributed by atoms with E-state index in [4.69, 9.17) is 10.9 Å². The summed E-state index contributed by atoms with van der Waals surface area (Å²) in [5.74, 6) is 0. The molecule has 1 aliphatic rings. The van der Waals surface area contributed by atoms with Gasteiger partial charge in [-0.25, -0.2) is 0 Å². The van der Waals surface area contributed by atoms with Crippen LogP contribution in [0.3, 0.4) is 0 Å². The van der Waals surface area contributed by atoms with Crippen molar-refractivity contribution in [1.82, 2.24) is 0 Å².